The van der Waals surface area contributed by atoms with Crippen molar-refractivity contribution >= 4 is 0 Å². The summed E-state index contributed by atoms with van der Waals surface area (Å²) in [7, 11) is 3.21. The molecule has 2 N–H and O–H groups in total. The van der Waals surface area contributed by atoms with Gasteiger partial charge in [-0.3, -0.25) is 0 Å². The SMILES string of the molecule is CCCCCOc1cc(C(C#N)(CC)CCCC(N)CC2Oc3ccccc3O2)c(OCCCCC)c(OC)c1OC. The fraction of sp³-hybridized carbons (Fsp3) is 0.618. The molecule has 0 aliphatic carbocycles. The van der Waals surface area contributed by atoms with Gasteiger partial charge in [0.2, 0.25) is 17.8 Å². The monoisotopic (exact) mass is 582 g/mol. The molecule has 0 saturated carbocycles. The van der Waals surface area contributed by atoms with Crippen molar-refractivity contribution in [2.75, 3.05) is 27.4 Å². The lowest BCUT2D eigenvalue weighted by Gasteiger charge is -2.30. The fourth-order valence-electron chi connectivity index (χ4n) is 5.42. The Morgan fingerprint density at radius 2 is 1.50 bits per heavy atom. The molecule has 0 saturated heterocycles. The number of para-hydroxylation sites is 2. The van der Waals surface area contributed by atoms with Gasteiger partial charge < -0.3 is 34.2 Å². The first-order chi connectivity index (χ1) is 20.5. The average Bonchev–Trinajstić information content (AvgIpc) is 3.42. The number of ether oxygens (including phenoxy) is 6. The summed E-state index contributed by atoms with van der Waals surface area (Å²) in [6.07, 6.45) is 9.00. The fourth-order valence-corrected chi connectivity index (χ4v) is 5.42. The zero-order valence-electron chi connectivity index (χ0n) is 26.2. The van der Waals surface area contributed by atoms with Crippen LogP contribution in [-0.2, 0) is 5.41 Å². The Hall–Kier alpha value is -3.31. The van der Waals surface area contributed by atoms with E-state index in [1.54, 1.807) is 14.2 Å². The van der Waals surface area contributed by atoms with E-state index in [0.717, 1.165) is 68.4 Å². The number of unbranched alkanes of at least 4 members (excludes halogenated alkanes) is 4. The normalized spacial score (nSPS) is 14.6. The highest BCUT2D eigenvalue weighted by atomic mass is 16.7. The topological polar surface area (TPSA) is 105 Å². The Bertz CT molecular complexity index is 1120. The predicted octanol–water partition coefficient (Wildman–Crippen LogP) is 7.70. The van der Waals surface area contributed by atoms with E-state index in [9.17, 15) is 5.26 Å². The number of nitrogens with two attached hydrogens (primary N) is 1. The highest BCUT2D eigenvalue weighted by Gasteiger charge is 2.38. The van der Waals surface area contributed by atoms with E-state index in [0.29, 0.717) is 55.5 Å². The summed E-state index contributed by atoms with van der Waals surface area (Å²) in [5.74, 6) is 3.59. The minimum atomic E-state index is -0.822. The summed E-state index contributed by atoms with van der Waals surface area (Å²) in [5, 5.41) is 10.7. The van der Waals surface area contributed by atoms with Gasteiger partial charge in [0.1, 0.15) is 0 Å². The largest absolute Gasteiger partial charge is 0.490 e. The molecule has 1 aliphatic rings. The highest BCUT2D eigenvalue weighted by Crippen LogP contribution is 2.52. The van der Waals surface area contributed by atoms with Crippen molar-refractivity contribution in [3.05, 3.63) is 35.9 Å². The number of hydrogen-bond donors (Lipinski definition) is 1. The Morgan fingerprint density at radius 1 is 0.881 bits per heavy atom. The Labute approximate surface area is 252 Å². The van der Waals surface area contributed by atoms with Crippen LogP contribution in [0.4, 0.5) is 0 Å². The minimum Gasteiger partial charge on any atom is -0.490 e. The van der Waals surface area contributed by atoms with Crippen LogP contribution < -0.4 is 34.2 Å². The summed E-state index contributed by atoms with van der Waals surface area (Å²) >= 11 is 0. The van der Waals surface area contributed by atoms with Crippen LogP contribution >= 0.6 is 0 Å². The van der Waals surface area contributed by atoms with E-state index in [1.807, 2.05) is 37.3 Å². The van der Waals surface area contributed by atoms with E-state index in [4.69, 9.17) is 34.2 Å². The Kier molecular flexibility index (Phi) is 13.4. The lowest BCUT2D eigenvalue weighted by Crippen LogP contribution is -2.31. The van der Waals surface area contributed by atoms with E-state index < -0.39 is 11.7 Å². The molecule has 0 aromatic heterocycles. The van der Waals surface area contributed by atoms with Gasteiger partial charge in [-0.05, 0) is 56.7 Å². The second-order valence-electron chi connectivity index (χ2n) is 11.0. The average molecular weight is 583 g/mol. The van der Waals surface area contributed by atoms with Crippen LogP contribution in [0.5, 0.6) is 34.5 Å². The van der Waals surface area contributed by atoms with Crippen LogP contribution in [-0.4, -0.2) is 39.8 Å². The summed E-state index contributed by atoms with van der Waals surface area (Å²) in [4.78, 5) is 0. The molecule has 1 aliphatic heterocycles. The van der Waals surface area contributed by atoms with Crippen molar-refractivity contribution in [3.8, 4) is 40.6 Å². The quantitative estimate of drug-likeness (QED) is 0.158. The van der Waals surface area contributed by atoms with Gasteiger partial charge in [0, 0.05) is 18.0 Å². The molecule has 2 aromatic carbocycles. The van der Waals surface area contributed by atoms with Gasteiger partial charge in [0.05, 0.1) is 38.9 Å². The van der Waals surface area contributed by atoms with Crippen molar-refractivity contribution in [2.45, 2.75) is 109 Å². The molecule has 1 heterocycles. The van der Waals surface area contributed by atoms with Crippen molar-refractivity contribution < 1.29 is 28.4 Å². The molecule has 232 valence electrons. The molecule has 2 atom stereocenters. The predicted molar refractivity (Wildman–Crippen MR) is 165 cm³/mol. The van der Waals surface area contributed by atoms with Crippen LogP contribution in [0.15, 0.2) is 30.3 Å². The molecule has 0 fully saturated rings. The number of rotatable bonds is 20. The van der Waals surface area contributed by atoms with E-state index in [-0.39, 0.29) is 6.04 Å². The van der Waals surface area contributed by atoms with Crippen molar-refractivity contribution in [1.29, 1.82) is 5.26 Å². The molecule has 2 unspecified atom stereocenters. The highest BCUT2D eigenvalue weighted by molar-refractivity contribution is 5.65. The zero-order chi connectivity index (χ0) is 30.4. The molecular formula is C34H50N2O6. The summed E-state index contributed by atoms with van der Waals surface area (Å²) in [6, 6.07) is 12.1. The van der Waals surface area contributed by atoms with Crippen LogP contribution in [0, 0.1) is 11.3 Å². The standard InChI is InChI=1S/C34H50N2O6/c1-6-9-13-20-39-29-23-26(31(40-21-14-10-7-2)33(38-5)32(29)37-4)34(8-3,24-35)19-15-16-25(36)22-30-41-27-17-11-12-18-28(27)42-30/h11-12,17-18,23,25,30H,6-10,13-16,19-22,36H2,1-5H3. The number of fused-ring (bicyclic) bond motifs is 1. The summed E-state index contributed by atoms with van der Waals surface area (Å²) in [5.41, 5.74) is 6.48. The van der Waals surface area contributed by atoms with E-state index >= 15 is 0 Å². The number of nitriles is 1. The molecular weight excluding hydrogens is 532 g/mol. The first-order valence-electron chi connectivity index (χ1n) is 15.6. The maximum atomic E-state index is 10.7. The van der Waals surface area contributed by atoms with Gasteiger partial charge in [-0.15, -0.1) is 0 Å². The third kappa shape index (κ3) is 8.38. The van der Waals surface area contributed by atoms with Crippen LogP contribution in [0.2, 0.25) is 0 Å². The maximum absolute atomic E-state index is 10.7. The number of benzene rings is 2. The molecule has 0 spiro atoms. The summed E-state index contributed by atoms with van der Waals surface area (Å²) < 4.78 is 36.1. The van der Waals surface area contributed by atoms with Gasteiger partial charge in [0.25, 0.3) is 0 Å². The van der Waals surface area contributed by atoms with Gasteiger partial charge in [-0.2, -0.15) is 5.26 Å². The molecule has 0 bridgehead atoms. The Balaban J connectivity index is 1.83. The number of nitrogens with zero attached hydrogens (tertiary/aromatic N) is 1. The molecule has 42 heavy (non-hydrogen) atoms. The van der Waals surface area contributed by atoms with E-state index in [1.165, 1.54) is 0 Å². The molecule has 0 radical (unpaired) electrons. The third-order valence-electron chi connectivity index (χ3n) is 7.94. The molecule has 3 rings (SSSR count). The third-order valence-corrected chi connectivity index (χ3v) is 7.94. The smallest absolute Gasteiger partial charge is 0.243 e. The molecule has 8 nitrogen and oxygen atoms in total. The lowest BCUT2D eigenvalue weighted by atomic mass is 9.74. The number of hydrogen-bond acceptors (Lipinski definition) is 8. The van der Waals surface area contributed by atoms with Crippen LogP contribution in [0.3, 0.4) is 0 Å². The lowest BCUT2D eigenvalue weighted by molar-refractivity contribution is 0.0350. The van der Waals surface area contributed by atoms with Gasteiger partial charge in [-0.1, -0.05) is 58.6 Å². The molecule has 8 heteroatoms. The van der Waals surface area contributed by atoms with Crippen LogP contribution in [0.1, 0.15) is 97.0 Å². The number of methoxy groups -OCH3 is 2. The van der Waals surface area contributed by atoms with Crippen molar-refractivity contribution in [3.63, 3.8) is 0 Å². The van der Waals surface area contributed by atoms with E-state index in [2.05, 4.69) is 19.9 Å². The first kappa shape index (κ1) is 33.2. The molecule has 0 amide bonds. The van der Waals surface area contributed by atoms with Gasteiger partial charge >= 0.3 is 0 Å². The van der Waals surface area contributed by atoms with Crippen molar-refractivity contribution in [1.82, 2.24) is 0 Å². The summed E-state index contributed by atoms with van der Waals surface area (Å²) in [6.45, 7) is 7.44. The van der Waals surface area contributed by atoms with Crippen molar-refractivity contribution in [2.24, 2.45) is 5.73 Å². The minimum absolute atomic E-state index is 0.134. The second kappa shape index (κ2) is 17.0. The van der Waals surface area contributed by atoms with Crippen LogP contribution in [0.25, 0.3) is 0 Å². The molecule has 2 aromatic rings. The second-order valence-corrected chi connectivity index (χ2v) is 11.0. The first-order valence-corrected chi connectivity index (χ1v) is 15.6. The zero-order valence-corrected chi connectivity index (χ0v) is 26.2. The Morgan fingerprint density at radius 3 is 2.05 bits per heavy atom. The van der Waals surface area contributed by atoms with Gasteiger partial charge in [-0.25, -0.2) is 0 Å². The maximum Gasteiger partial charge on any atom is 0.243 e. The van der Waals surface area contributed by atoms with Gasteiger partial charge in [0.15, 0.2) is 23.0 Å².